The van der Waals surface area contributed by atoms with E-state index in [4.69, 9.17) is 20.7 Å². The molecule has 5 atom stereocenters. The van der Waals surface area contributed by atoms with Crippen LogP contribution in [0.15, 0.2) is 67.0 Å². The lowest BCUT2D eigenvalue weighted by Crippen LogP contribution is -2.47. The van der Waals surface area contributed by atoms with Crippen molar-refractivity contribution in [3.63, 3.8) is 0 Å². The van der Waals surface area contributed by atoms with Crippen molar-refractivity contribution >= 4 is 28.8 Å². The molecule has 1 saturated carbocycles. The number of benzene rings is 2. The van der Waals surface area contributed by atoms with Crippen molar-refractivity contribution in [3.8, 4) is 0 Å². The third kappa shape index (κ3) is 5.99. The van der Waals surface area contributed by atoms with Crippen molar-refractivity contribution in [2.24, 2.45) is 11.1 Å². The fraction of sp³-hybridized carbons (Fsp3) is 0.455. The van der Waals surface area contributed by atoms with Gasteiger partial charge >= 0.3 is 0 Å². The minimum Gasteiger partial charge on any atom is -0.388 e. The Balaban J connectivity index is 1.35. The van der Waals surface area contributed by atoms with Gasteiger partial charge in [-0.15, -0.1) is 0 Å². The van der Waals surface area contributed by atoms with Crippen LogP contribution in [-0.4, -0.2) is 79.6 Å². The smallest absolute Gasteiger partial charge is 0.229 e. The highest BCUT2D eigenvalue weighted by atomic mass is 16.3. The number of amides is 1. The number of nitrogens with two attached hydrogens (primary N) is 1. The van der Waals surface area contributed by atoms with Gasteiger partial charge in [0.2, 0.25) is 11.9 Å². The van der Waals surface area contributed by atoms with Gasteiger partial charge in [-0.05, 0) is 24.0 Å². The first kappa shape index (κ1) is 30.0. The molecule has 2 fully saturated rings. The molecule has 2 aromatic heterocycles. The Morgan fingerprint density at radius 1 is 1.02 bits per heavy atom. The Kier molecular flexibility index (Phi) is 8.28. The fourth-order valence-electron chi connectivity index (χ4n) is 6.19. The van der Waals surface area contributed by atoms with Crippen molar-refractivity contribution in [2.75, 3.05) is 29.9 Å². The molecule has 0 spiro atoms. The second-order valence-corrected chi connectivity index (χ2v) is 13.1. The number of fused-ring (bicyclic) bond motifs is 1. The average molecular weight is 599 g/mol. The molecule has 1 saturated heterocycles. The molecule has 1 aliphatic carbocycles. The van der Waals surface area contributed by atoms with E-state index in [0.717, 1.165) is 13.0 Å². The first-order valence-corrected chi connectivity index (χ1v) is 15.4. The number of aliphatic hydroxyl groups is 2. The number of hydrogen-bond donors (Lipinski definition) is 5. The van der Waals surface area contributed by atoms with E-state index < -0.39 is 29.7 Å². The normalized spacial score (nSPS) is 23.9. The standard InChI is InChI=1S/C33H42N8O3/c1-33(2,3)31(44)37-24-16-25(28(43)27(24)42)41-19-36-26-29(38-32(39-30(26)41)40-15-14-22(34)18-40)35-17-23(20-10-6-4-7-11-20)21-12-8-5-9-13-21/h4-13,19,22-25,27-28,42-43H,14-18,34H2,1-3H3,(H,37,44)(H,35,38,39)/t22?,24-,25+,27+,28-/m0/s1. The largest absolute Gasteiger partial charge is 0.388 e. The maximum absolute atomic E-state index is 12.7. The topological polar surface area (TPSA) is 154 Å². The van der Waals surface area contributed by atoms with Crippen molar-refractivity contribution < 1.29 is 15.0 Å². The number of carbonyl (C=O) groups is 1. The summed E-state index contributed by atoms with van der Waals surface area (Å²) in [6, 6.07) is 19.6. The maximum atomic E-state index is 12.7. The number of aromatic nitrogens is 4. The van der Waals surface area contributed by atoms with Crippen LogP contribution in [0.4, 0.5) is 11.8 Å². The summed E-state index contributed by atoms with van der Waals surface area (Å²) in [6.45, 7) is 7.40. The molecule has 11 nitrogen and oxygen atoms in total. The van der Waals surface area contributed by atoms with Crippen LogP contribution in [0, 0.1) is 5.41 Å². The quantitative estimate of drug-likeness (QED) is 0.206. The predicted octanol–water partition coefficient (Wildman–Crippen LogP) is 2.81. The van der Waals surface area contributed by atoms with E-state index in [1.807, 2.05) is 61.7 Å². The van der Waals surface area contributed by atoms with Crippen LogP contribution in [0.5, 0.6) is 0 Å². The third-order valence-corrected chi connectivity index (χ3v) is 8.80. The summed E-state index contributed by atoms with van der Waals surface area (Å²) in [5.74, 6) is 1.01. The molecule has 232 valence electrons. The Morgan fingerprint density at radius 2 is 1.68 bits per heavy atom. The molecule has 0 radical (unpaired) electrons. The van der Waals surface area contributed by atoms with Gasteiger partial charge in [-0.2, -0.15) is 9.97 Å². The Labute approximate surface area is 257 Å². The predicted molar refractivity (Wildman–Crippen MR) is 170 cm³/mol. The zero-order valence-electron chi connectivity index (χ0n) is 25.5. The van der Waals surface area contributed by atoms with Gasteiger partial charge < -0.3 is 36.0 Å². The summed E-state index contributed by atoms with van der Waals surface area (Å²) < 4.78 is 1.81. The van der Waals surface area contributed by atoms with Gasteiger partial charge in [0.1, 0.15) is 12.2 Å². The van der Waals surface area contributed by atoms with Crippen LogP contribution >= 0.6 is 0 Å². The zero-order valence-corrected chi connectivity index (χ0v) is 25.5. The van der Waals surface area contributed by atoms with Gasteiger partial charge in [0.15, 0.2) is 17.0 Å². The van der Waals surface area contributed by atoms with Gasteiger partial charge in [-0.25, -0.2) is 4.98 Å². The van der Waals surface area contributed by atoms with E-state index in [-0.39, 0.29) is 17.9 Å². The summed E-state index contributed by atoms with van der Waals surface area (Å²) in [7, 11) is 0. The first-order valence-electron chi connectivity index (χ1n) is 15.4. The fourth-order valence-corrected chi connectivity index (χ4v) is 6.19. The van der Waals surface area contributed by atoms with E-state index in [9.17, 15) is 15.0 Å². The Morgan fingerprint density at radius 3 is 2.27 bits per heavy atom. The molecule has 3 heterocycles. The third-order valence-electron chi connectivity index (χ3n) is 8.80. The number of rotatable bonds is 8. The molecule has 44 heavy (non-hydrogen) atoms. The summed E-state index contributed by atoms with van der Waals surface area (Å²) in [4.78, 5) is 29.3. The van der Waals surface area contributed by atoms with Crippen LogP contribution < -0.4 is 21.3 Å². The average Bonchev–Trinajstić information content (AvgIpc) is 3.71. The van der Waals surface area contributed by atoms with Gasteiger partial charge in [-0.3, -0.25) is 4.79 Å². The van der Waals surface area contributed by atoms with E-state index >= 15 is 0 Å². The number of nitrogens with one attached hydrogen (secondary N) is 2. The minimum atomic E-state index is -1.13. The number of anilines is 2. The van der Waals surface area contributed by atoms with Gasteiger partial charge in [0, 0.05) is 37.0 Å². The lowest BCUT2D eigenvalue weighted by atomic mass is 9.91. The monoisotopic (exact) mass is 598 g/mol. The Bertz CT molecular complexity index is 1550. The highest BCUT2D eigenvalue weighted by Gasteiger charge is 2.44. The number of aliphatic hydroxyl groups excluding tert-OH is 2. The highest BCUT2D eigenvalue weighted by molar-refractivity contribution is 5.85. The molecule has 6 N–H and O–H groups in total. The van der Waals surface area contributed by atoms with Crippen LogP contribution in [0.2, 0.25) is 0 Å². The molecular weight excluding hydrogens is 556 g/mol. The van der Waals surface area contributed by atoms with Crippen molar-refractivity contribution in [1.29, 1.82) is 0 Å². The summed E-state index contributed by atoms with van der Waals surface area (Å²) in [5, 5.41) is 28.6. The van der Waals surface area contributed by atoms with E-state index in [2.05, 4.69) is 39.8 Å². The zero-order chi connectivity index (χ0) is 31.0. The Hall–Kier alpha value is -4.06. The minimum absolute atomic E-state index is 0.0372. The number of nitrogens with zero attached hydrogens (tertiary/aromatic N) is 5. The molecular formula is C33H42N8O3. The lowest BCUT2D eigenvalue weighted by molar-refractivity contribution is -0.130. The molecule has 1 amide bonds. The molecule has 6 rings (SSSR count). The van der Waals surface area contributed by atoms with Crippen LogP contribution in [-0.2, 0) is 4.79 Å². The first-order chi connectivity index (χ1) is 21.1. The maximum Gasteiger partial charge on any atom is 0.229 e. The van der Waals surface area contributed by atoms with Gasteiger partial charge in [0.05, 0.1) is 18.4 Å². The second-order valence-electron chi connectivity index (χ2n) is 13.1. The van der Waals surface area contributed by atoms with Crippen molar-refractivity contribution in [2.45, 2.75) is 69.9 Å². The van der Waals surface area contributed by atoms with Crippen LogP contribution in [0.3, 0.4) is 0 Å². The lowest BCUT2D eigenvalue weighted by Gasteiger charge is -2.23. The number of imidazole rings is 1. The number of carbonyl (C=O) groups excluding carboxylic acids is 1. The number of hydrogen-bond acceptors (Lipinski definition) is 9. The molecule has 2 aromatic carbocycles. The highest BCUT2D eigenvalue weighted by Crippen LogP contribution is 2.36. The summed E-state index contributed by atoms with van der Waals surface area (Å²) >= 11 is 0. The SMILES string of the molecule is CC(C)(C)C(=O)N[C@H]1C[C@@H](n2cnc3c(NCC(c4ccccc4)c4ccccc4)nc(N4CCC(N)C4)nc32)[C@H](O)[C@@H]1O. The van der Waals surface area contributed by atoms with Gasteiger partial charge in [0.25, 0.3) is 0 Å². The van der Waals surface area contributed by atoms with E-state index in [0.29, 0.717) is 42.4 Å². The summed E-state index contributed by atoms with van der Waals surface area (Å²) in [5.41, 5.74) is 9.10. The summed E-state index contributed by atoms with van der Waals surface area (Å²) in [6.07, 6.45) is 0.571. The van der Waals surface area contributed by atoms with Crippen LogP contribution in [0.25, 0.3) is 11.2 Å². The van der Waals surface area contributed by atoms with Crippen molar-refractivity contribution in [1.82, 2.24) is 24.8 Å². The second kappa shape index (κ2) is 12.1. The molecule has 0 bridgehead atoms. The molecule has 4 aromatic rings. The van der Waals surface area contributed by atoms with E-state index in [1.54, 1.807) is 6.33 Å². The molecule has 1 aliphatic heterocycles. The molecule has 1 unspecified atom stereocenters. The van der Waals surface area contributed by atoms with Gasteiger partial charge in [-0.1, -0.05) is 81.4 Å². The molecule has 11 heteroatoms. The van der Waals surface area contributed by atoms with Crippen molar-refractivity contribution in [3.05, 3.63) is 78.1 Å². The van der Waals surface area contributed by atoms with E-state index in [1.165, 1.54) is 11.1 Å². The van der Waals surface area contributed by atoms with Crippen LogP contribution in [0.1, 0.15) is 56.7 Å². The molecule has 2 aliphatic rings.